The lowest BCUT2D eigenvalue weighted by atomic mass is 10.0. The first-order valence-corrected chi connectivity index (χ1v) is 6.73. The van der Waals surface area contributed by atoms with E-state index in [0.717, 1.165) is 17.9 Å². The van der Waals surface area contributed by atoms with E-state index in [9.17, 15) is 5.11 Å². The standard InChI is InChI=1S/C14H23N3O/c1-11-6-7-14(18)13(16-11)10-15-9-12-5-3-4-8-17(12)2/h6-7,12,15,18H,3-5,8-10H2,1-2H3. The maximum Gasteiger partial charge on any atom is 0.138 e. The molecule has 0 radical (unpaired) electrons. The van der Waals surface area contributed by atoms with Gasteiger partial charge < -0.3 is 15.3 Å². The number of likely N-dealkylation sites (tertiary alicyclic amines) is 1. The summed E-state index contributed by atoms with van der Waals surface area (Å²) in [7, 11) is 2.19. The highest BCUT2D eigenvalue weighted by Gasteiger charge is 2.18. The van der Waals surface area contributed by atoms with E-state index >= 15 is 0 Å². The van der Waals surface area contributed by atoms with Gasteiger partial charge in [0.2, 0.25) is 0 Å². The number of nitrogens with zero attached hydrogens (tertiary/aromatic N) is 2. The second-order valence-electron chi connectivity index (χ2n) is 5.18. The molecule has 1 atom stereocenters. The third-order valence-corrected chi connectivity index (χ3v) is 3.68. The van der Waals surface area contributed by atoms with Crippen LogP contribution in [0.2, 0.25) is 0 Å². The van der Waals surface area contributed by atoms with Gasteiger partial charge in [0, 0.05) is 24.8 Å². The Balaban J connectivity index is 1.82. The second-order valence-corrected chi connectivity index (χ2v) is 5.18. The molecule has 0 spiro atoms. The Morgan fingerprint density at radius 3 is 3.06 bits per heavy atom. The lowest BCUT2D eigenvalue weighted by molar-refractivity contribution is 0.181. The van der Waals surface area contributed by atoms with E-state index in [-0.39, 0.29) is 5.75 Å². The van der Waals surface area contributed by atoms with Crippen LogP contribution in [0.25, 0.3) is 0 Å². The van der Waals surface area contributed by atoms with Crippen molar-refractivity contribution < 1.29 is 5.11 Å². The van der Waals surface area contributed by atoms with Crippen molar-refractivity contribution in [3.05, 3.63) is 23.5 Å². The Morgan fingerprint density at radius 2 is 2.28 bits per heavy atom. The molecule has 1 fully saturated rings. The van der Waals surface area contributed by atoms with Crippen molar-refractivity contribution in [2.45, 2.75) is 38.8 Å². The van der Waals surface area contributed by atoms with E-state index < -0.39 is 0 Å². The molecule has 18 heavy (non-hydrogen) atoms. The molecule has 0 aromatic carbocycles. The summed E-state index contributed by atoms with van der Waals surface area (Å²) in [5, 5.41) is 13.1. The van der Waals surface area contributed by atoms with Crippen molar-refractivity contribution in [3.8, 4) is 5.75 Å². The zero-order chi connectivity index (χ0) is 13.0. The number of nitrogens with one attached hydrogen (secondary N) is 1. The first kappa shape index (κ1) is 13.3. The lowest BCUT2D eigenvalue weighted by Gasteiger charge is -2.32. The number of likely N-dealkylation sites (N-methyl/N-ethyl adjacent to an activating group) is 1. The molecule has 0 bridgehead atoms. The van der Waals surface area contributed by atoms with Gasteiger partial charge in [0.1, 0.15) is 5.75 Å². The third kappa shape index (κ3) is 3.43. The summed E-state index contributed by atoms with van der Waals surface area (Å²) in [6.07, 6.45) is 3.90. The Kier molecular flexibility index (Phi) is 4.55. The molecule has 2 rings (SSSR count). The quantitative estimate of drug-likeness (QED) is 0.852. The fraction of sp³-hybridized carbons (Fsp3) is 0.643. The van der Waals surface area contributed by atoms with Crippen molar-refractivity contribution in [1.82, 2.24) is 15.2 Å². The van der Waals surface area contributed by atoms with Crippen LogP contribution in [-0.2, 0) is 6.54 Å². The van der Waals surface area contributed by atoms with E-state index in [1.807, 2.05) is 13.0 Å². The highest BCUT2D eigenvalue weighted by atomic mass is 16.3. The summed E-state index contributed by atoms with van der Waals surface area (Å²) < 4.78 is 0. The molecule has 2 heterocycles. The fourth-order valence-electron chi connectivity index (χ4n) is 2.49. The number of hydrogen-bond acceptors (Lipinski definition) is 4. The lowest BCUT2D eigenvalue weighted by Crippen LogP contribution is -2.42. The first-order chi connectivity index (χ1) is 8.66. The van der Waals surface area contributed by atoms with Gasteiger partial charge in [0.15, 0.2) is 0 Å². The van der Waals surface area contributed by atoms with E-state index in [2.05, 4.69) is 22.2 Å². The van der Waals surface area contributed by atoms with E-state index in [0.29, 0.717) is 12.6 Å². The van der Waals surface area contributed by atoms with Crippen LogP contribution >= 0.6 is 0 Å². The smallest absolute Gasteiger partial charge is 0.138 e. The van der Waals surface area contributed by atoms with Crippen LogP contribution in [0.5, 0.6) is 5.75 Å². The SMILES string of the molecule is Cc1ccc(O)c(CNCC2CCCCN2C)n1. The molecular formula is C14H23N3O. The predicted molar refractivity (Wildman–Crippen MR) is 72.6 cm³/mol. The average Bonchev–Trinajstić information content (AvgIpc) is 2.36. The predicted octanol–water partition coefficient (Wildman–Crippen LogP) is 1.67. The minimum atomic E-state index is 0.282. The Morgan fingerprint density at radius 1 is 1.44 bits per heavy atom. The van der Waals surface area contributed by atoms with E-state index in [4.69, 9.17) is 0 Å². The topological polar surface area (TPSA) is 48.4 Å². The molecule has 1 aliphatic rings. The van der Waals surface area contributed by atoms with Gasteiger partial charge in [-0.2, -0.15) is 0 Å². The highest BCUT2D eigenvalue weighted by molar-refractivity contribution is 5.27. The van der Waals surface area contributed by atoms with Crippen LogP contribution in [0.4, 0.5) is 0 Å². The number of pyridine rings is 1. The molecule has 0 aliphatic carbocycles. The number of aryl methyl sites for hydroxylation is 1. The number of hydrogen-bond donors (Lipinski definition) is 2. The summed E-state index contributed by atoms with van der Waals surface area (Å²) in [4.78, 5) is 6.76. The normalized spacial score (nSPS) is 21.1. The van der Waals surface area contributed by atoms with E-state index in [1.165, 1.54) is 25.8 Å². The molecule has 1 saturated heterocycles. The maximum atomic E-state index is 9.71. The van der Waals surface area contributed by atoms with Crippen LogP contribution < -0.4 is 5.32 Å². The van der Waals surface area contributed by atoms with Gasteiger partial charge in [0.05, 0.1) is 5.69 Å². The van der Waals surface area contributed by atoms with Crippen LogP contribution in [0.3, 0.4) is 0 Å². The minimum absolute atomic E-state index is 0.282. The van der Waals surface area contributed by atoms with Crippen LogP contribution in [-0.4, -0.2) is 41.2 Å². The van der Waals surface area contributed by atoms with Gasteiger partial charge in [-0.1, -0.05) is 6.42 Å². The molecule has 1 unspecified atom stereocenters. The summed E-state index contributed by atoms with van der Waals surface area (Å²) >= 11 is 0. The second kappa shape index (κ2) is 6.16. The van der Waals surface area contributed by atoms with Crippen molar-refractivity contribution in [3.63, 3.8) is 0 Å². The van der Waals surface area contributed by atoms with Crippen molar-refractivity contribution in [2.24, 2.45) is 0 Å². The monoisotopic (exact) mass is 249 g/mol. The Hall–Kier alpha value is -1.13. The minimum Gasteiger partial charge on any atom is -0.506 e. The molecule has 0 saturated carbocycles. The Labute approximate surface area is 109 Å². The first-order valence-electron chi connectivity index (χ1n) is 6.73. The summed E-state index contributed by atoms with van der Waals surface area (Å²) in [6, 6.07) is 4.16. The van der Waals surface area contributed by atoms with Gasteiger partial charge in [-0.3, -0.25) is 4.98 Å². The molecule has 1 aromatic heterocycles. The maximum absolute atomic E-state index is 9.71. The molecule has 1 aliphatic heterocycles. The van der Waals surface area contributed by atoms with Crippen LogP contribution in [0.15, 0.2) is 12.1 Å². The van der Waals surface area contributed by atoms with Crippen LogP contribution in [0.1, 0.15) is 30.7 Å². The zero-order valence-corrected chi connectivity index (χ0v) is 11.3. The van der Waals surface area contributed by atoms with Gasteiger partial charge >= 0.3 is 0 Å². The molecule has 2 N–H and O–H groups in total. The molecule has 1 aromatic rings. The number of rotatable bonds is 4. The number of aromatic hydroxyl groups is 1. The van der Waals surface area contributed by atoms with Crippen LogP contribution in [0, 0.1) is 6.92 Å². The summed E-state index contributed by atoms with van der Waals surface area (Å²) in [5.41, 5.74) is 1.69. The van der Waals surface area contributed by atoms with E-state index in [1.54, 1.807) is 6.07 Å². The van der Waals surface area contributed by atoms with Crippen molar-refractivity contribution in [2.75, 3.05) is 20.1 Å². The number of piperidine rings is 1. The molecule has 4 heteroatoms. The van der Waals surface area contributed by atoms with Crippen molar-refractivity contribution >= 4 is 0 Å². The molecule has 100 valence electrons. The molecular weight excluding hydrogens is 226 g/mol. The third-order valence-electron chi connectivity index (χ3n) is 3.68. The van der Waals surface area contributed by atoms with Gasteiger partial charge in [0.25, 0.3) is 0 Å². The summed E-state index contributed by atoms with van der Waals surface area (Å²) in [5.74, 6) is 0.282. The van der Waals surface area contributed by atoms with Crippen molar-refractivity contribution in [1.29, 1.82) is 0 Å². The molecule has 4 nitrogen and oxygen atoms in total. The number of aromatic nitrogens is 1. The van der Waals surface area contributed by atoms with Gasteiger partial charge in [-0.15, -0.1) is 0 Å². The zero-order valence-electron chi connectivity index (χ0n) is 11.3. The largest absolute Gasteiger partial charge is 0.506 e. The highest BCUT2D eigenvalue weighted by Crippen LogP contribution is 2.16. The molecule has 0 amide bonds. The average molecular weight is 249 g/mol. The fourth-order valence-corrected chi connectivity index (χ4v) is 2.49. The Bertz CT molecular complexity index is 395. The van der Waals surface area contributed by atoms with Gasteiger partial charge in [-0.25, -0.2) is 0 Å². The van der Waals surface area contributed by atoms with Gasteiger partial charge in [-0.05, 0) is 45.5 Å². The summed E-state index contributed by atoms with van der Waals surface area (Å²) in [6.45, 7) is 4.74.